The summed E-state index contributed by atoms with van der Waals surface area (Å²) in [4.78, 5) is 37.0. The zero-order valence-corrected chi connectivity index (χ0v) is 14.2. The summed E-state index contributed by atoms with van der Waals surface area (Å²) in [5.41, 5.74) is 5.13. The Kier molecular flexibility index (Phi) is 5.32. The van der Waals surface area contributed by atoms with Crippen LogP contribution in [0.15, 0.2) is 18.2 Å². The Morgan fingerprint density at radius 1 is 1.28 bits per heavy atom. The Morgan fingerprint density at radius 2 is 1.88 bits per heavy atom. The minimum absolute atomic E-state index is 0.0397. The number of phenolic OH excluding ortho intramolecular Hbond substituents is 2. The van der Waals surface area contributed by atoms with E-state index in [4.69, 9.17) is 10.5 Å². The van der Waals surface area contributed by atoms with Crippen LogP contribution in [0.5, 0.6) is 11.5 Å². The molecule has 1 unspecified atom stereocenters. The highest BCUT2D eigenvalue weighted by Gasteiger charge is 2.39. The van der Waals surface area contributed by atoms with Gasteiger partial charge < -0.3 is 20.7 Å². The lowest BCUT2D eigenvalue weighted by Gasteiger charge is -2.29. The van der Waals surface area contributed by atoms with Gasteiger partial charge in [0, 0.05) is 25.7 Å². The summed E-state index contributed by atoms with van der Waals surface area (Å²) in [7, 11) is 0. The van der Waals surface area contributed by atoms with E-state index < -0.39 is 17.7 Å². The highest BCUT2D eigenvalue weighted by Crippen LogP contribution is 2.27. The number of hydrogen-bond donors (Lipinski definition) is 3. The third-order valence-corrected chi connectivity index (χ3v) is 4.05. The summed E-state index contributed by atoms with van der Waals surface area (Å²) in [5.74, 6) is -2.10. The molecule has 1 saturated heterocycles. The third kappa shape index (κ3) is 4.08. The van der Waals surface area contributed by atoms with E-state index in [1.807, 2.05) is 0 Å². The summed E-state index contributed by atoms with van der Waals surface area (Å²) in [5, 5.41) is 18.9. The second-order valence-electron chi connectivity index (χ2n) is 6.34. The van der Waals surface area contributed by atoms with Crippen molar-refractivity contribution in [3.63, 3.8) is 0 Å². The molecular weight excluding hydrogens is 328 g/mol. The van der Waals surface area contributed by atoms with Gasteiger partial charge >= 0.3 is 5.97 Å². The molecule has 1 aliphatic heterocycles. The van der Waals surface area contributed by atoms with Crippen LogP contribution in [0.3, 0.4) is 0 Å². The molecule has 2 atom stereocenters. The lowest BCUT2D eigenvalue weighted by atomic mass is 9.94. The van der Waals surface area contributed by atoms with Crippen LogP contribution in [0.2, 0.25) is 0 Å². The van der Waals surface area contributed by atoms with E-state index in [-0.39, 0.29) is 49.0 Å². The van der Waals surface area contributed by atoms with Gasteiger partial charge in [0.25, 0.3) is 0 Å². The van der Waals surface area contributed by atoms with Gasteiger partial charge in [-0.3, -0.25) is 9.59 Å². The van der Waals surface area contributed by atoms with Crippen molar-refractivity contribution in [1.82, 2.24) is 4.90 Å². The van der Waals surface area contributed by atoms with Gasteiger partial charge in [-0.15, -0.1) is 0 Å². The largest absolute Gasteiger partial charge is 0.504 e. The molecule has 4 N–H and O–H groups in total. The third-order valence-electron chi connectivity index (χ3n) is 4.05. The number of phenols is 2. The van der Waals surface area contributed by atoms with Crippen molar-refractivity contribution >= 4 is 17.8 Å². The zero-order chi connectivity index (χ0) is 18.8. The van der Waals surface area contributed by atoms with Crippen molar-refractivity contribution in [1.29, 1.82) is 0 Å². The summed E-state index contributed by atoms with van der Waals surface area (Å²) >= 11 is 0. The number of rotatable bonds is 6. The van der Waals surface area contributed by atoms with E-state index in [0.29, 0.717) is 5.56 Å². The number of ether oxygens (including phenoxy) is 1. The first-order valence-electron chi connectivity index (χ1n) is 8.01. The molecule has 1 fully saturated rings. The van der Waals surface area contributed by atoms with Crippen LogP contribution in [-0.4, -0.2) is 44.7 Å². The number of esters is 1. The first kappa shape index (κ1) is 18.7. The molecule has 1 aromatic carbocycles. The van der Waals surface area contributed by atoms with Gasteiger partial charge in [-0.2, -0.15) is 0 Å². The van der Waals surface area contributed by atoms with Crippen molar-refractivity contribution in [2.45, 2.75) is 51.3 Å². The quantitative estimate of drug-likeness (QED) is 0.393. The van der Waals surface area contributed by atoms with Gasteiger partial charge in [0.1, 0.15) is 5.54 Å². The molecule has 2 rings (SSSR count). The van der Waals surface area contributed by atoms with E-state index in [2.05, 4.69) is 0 Å². The fraction of sp³-hybridized carbons (Fsp3) is 0.471. The van der Waals surface area contributed by atoms with Crippen LogP contribution in [-0.2, 0) is 25.5 Å². The van der Waals surface area contributed by atoms with E-state index >= 15 is 0 Å². The summed E-state index contributed by atoms with van der Waals surface area (Å²) in [6.45, 7) is 3.16. The normalized spacial score (nSPS) is 18.1. The lowest BCUT2D eigenvalue weighted by Crippen LogP contribution is -2.52. The van der Waals surface area contributed by atoms with Crippen LogP contribution in [0.4, 0.5) is 0 Å². The first-order chi connectivity index (χ1) is 11.7. The molecule has 0 saturated carbocycles. The van der Waals surface area contributed by atoms with Gasteiger partial charge in [-0.25, -0.2) is 9.69 Å². The second-order valence-corrected chi connectivity index (χ2v) is 6.34. The Morgan fingerprint density at radius 3 is 2.40 bits per heavy atom. The first-order valence-corrected chi connectivity index (χ1v) is 8.01. The summed E-state index contributed by atoms with van der Waals surface area (Å²) < 4.78 is 5.32. The van der Waals surface area contributed by atoms with Gasteiger partial charge in [0.05, 0.1) is 0 Å². The molecule has 0 aromatic heterocycles. The monoisotopic (exact) mass is 350 g/mol. The van der Waals surface area contributed by atoms with Crippen LogP contribution in [0, 0.1) is 0 Å². The number of imide groups is 1. The number of carbonyl (C=O) groups excluding carboxylic acids is 3. The number of nitrogens with zero attached hydrogens (tertiary/aromatic N) is 1. The van der Waals surface area contributed by atoms with Crippen molar-refractivity contribution in [3.8, 4) is 11.5 Å². The molecule has 8 nitrogen and oxygen atoms in total. The lowest BCUT2D eigenvalue weighted by molar-refractivity contribution is -0.171. The molecule has 2 amide bonds. The molecule has 25 heavy (non-hydrogen) atoms. The molecule has 1 aliphatic rings. The number of benzene rings is 1. The van der Waals surface area contributed by atoms with Crippen molar-refractivity contribution in [2.75, 3.05) is 0 Å². The Labute approximate surface area is 145 Å². The molecule has 0 spiro atoms. The maximum atomic E-state index is 12.5. The van der Waals surface area contributed by atoms with Gasteiger partial charge in [0.2, 0.25) is 11.8 Å². The Hall–Kier alpha value is -2.61. The predicted molar refractivity (Wildman–Crippen MR) is 87.3 cm³/mol. The fourth-order valence-corrected chi connectivity index (χ4v) is 2.67. The molecule has 8 heteroatoms. The molecule has 1 aromatic rings. The van der Waals surface area contributed by atoms with Crippen LogP contribution in [0.1, 0.15) is 38.7 Å². The highest BCUT2D eigenvalue weighted by atomic mass is 16.6. The number of amides is 2. The fourth-order valence-electron chi connectivity index (χ4n) is 2.67. The van der Waals surface area contributed by atoms with Crippen LogP contribution < -0.4 is 5.73 Å². The smallest absolute Gasteiger partial charge is 0.328 e. The maximum Gasteiger partial charge on any atom is 0.328 e. The molecule has 136 valence electrons. The van der Waals surface area contributed by atoms with Crippen molar-refractivity contribution in [2.24, 2.45) is 5.73 Å². The van der Waals surface area contributed by atoms with E-state index in [0.717, 1.165) is 4.90 Å². The molecule has 0 aliphatic carbocycles. The van der Waals surface area contributed by atoms with Gasteiger partial charge in [-0.1, -0.05) is 13.0 Å². The summed E-state index contributed by atoms with van der Waals surface area (Å²) in [6.07, 6.45) is -0.456. The molecule has 0 radical (unpaired) electrons. The number of hydrogen-bond acceptors (Lipinski definition) is 7. The average Bonchev–Trinajstić information content (AvgIpc) is 2.87. The van der Waals surface area contributed by atoms with Crippen LogP contribution in [0.25, 0.3) is 0 Å². The van der Waals surface area contributed by atoms with Gasteiger partial charge in [0.15, 0.2) is 17.7 Å². The minimum atomic E-state index is -1.44. The number of aromatic hydroxyl groups is 2. The van der Waals surface area contributed by atoms with Gasteiger partial charge in [-0.05, 0) is 24.6 Å². The maximum absolute atomic E-state index is 12.5. The zero-order valence-electron chi connectivity index (χ0n) is 14.2. The van der Waals surface area contributed by atoms with E-state index in [1.165, 1.54) is 25.1 Å². The molecule has 0 bridgehead atoms. The predicted octanol–water partition coefficient (Wildman–Crippen LogP) is 0.786. The van der Waals surface area contributed by atoms with Crippen molar-refractivity contribution in [3.05, 3.63) is 23.8 Å². The number of nitrogens with two attached hydrogens (primary N) is 1. The Bertz CT molecular complexity index is 684. The molecular formula is C17H22N2O6. The SMILES string of the molecule is CCC(OC(=O)[C@@](C)(N)Cc1ccc(O)c(O)c1)N1C(=O)CCC1=O. The average molecular weight is 350 g/mol. The highest BCUT2D eigenvalue weighted by molar-refractivity contribution is 6.02. The number of likely N-dealkylation sites (tertiary alicyclic amines) is 1. The Balaban J connectivity index is 2.10. The van der Waals surface area contributed by atoms with E-state index in [9.17, 15) is 24.6 Å². The minimum Gasteiger partial charge on any atom is -0.504 e. The topological polar surface area (TPSA) is 130 Å². The van der Waals surface area contributed by atoms with Crippen LogP contribution >= 0.6 is 0 Å². The van der Waals surface area contributed by atoms with Crippen molar-refractivity contribution < 1.29 is 29.3 Å². The standard InChI is InChI=1S/C17H22N2O6/c1-3-15(19-13(22)6-7-14(19)23)25-16(24)17(2,18)9-10-4-5-11(20)12(21)8-10/h4-5,8,15,20-21H,3,6-7,9,18H2,1-2H3/t15?,17-/m0/s1. The molecule has 1 heterocycles. The summed E-state index contributed by atoms with van der Waals surface area (Å²) in [6, 6.07) is 4.12. The van der Waals surface area contributed by atoms with E-state index in [1.54, 1.807) is 6.92 Å². The number of carbonyl (C=O) groups is 3. The second kappa shape index (κ2) is 7.10.